The van der Waals surface area contributed by atoms with Crippen LogP contribution in [0.1, 0.15) is 10.4 Å². The third-order valence-corrected chi connectivity index (χ3v) is 4.44. The molecule has 3 N–H and O–H groups in total. The van der Waals surface area contributed by atoms with Crippen LogP contribution in [0.3, 0.4) is 0 Å². The van der Waals surface area contributed by atoms with Gasteiger partial charge in [-0.05, 0) is 11.6 Å². The maximum absolute atomic E-state index is 10.7. The molecule has 1 rings (SSSR count). The summed E-state index contributed by atoms with van der Waals surface area (Å²) in [5.74, 6) is -0.921. The molecule has 76 valence electrons. The lowest BCUT2D eigenvalue weighted by atomic mass is 10.1. The number of hydrogen-bond donors (Lipinski definition) is 2. The van der Waals surface area contributed by atoms with E-state index in [0.717, 1.165) is 5.56 Å². The summed E-state index contributed by atoms with van der Waals surface area (Å²) in [7, 11) is 0. The number of carbonyl (C=O) groups is 1. The molecule has 0 aromatic heterocycles. The average molecular weight is 323 g/mol. The number of para-hydroxylation sites is 1. The SMILES string of the molecule is Nc1ccccc1[C@H](Br)[C@@H](Br)C(=O)O. The topological polar surface area (TPSA) is 63.3 Å². The van der Waals surface area contributed by atoms with Crippen LogP contribution in [0.15, 0.2) is 24.3 Å². The summed E-state index contributed by atoms with van der Waals surface area (Å²) in [5.41, 5.74) is 7.07. The number of benzene rings is 1. The second-order valence-corrected chi connectivity index (χ2v) is 4.74. The van der Waals surface area contributed by atoms with Gasteiger partial charge < -0.3 is 10.8 Å². The summed E-state index contributed by atoms with van der Waals surface area (Å²) in [6.07, 6.45) is 0. The quantitative estimate of drug-likeness (QED) is 0.664. The van der Waals surface area contributed by atoms with Crippen LogP contribution in [0.2, 0.25) is 0 Å². The second kappa shape index (κ2) is 4.79. The van der Waals surface area contributed by atoms with Gasteiger partial charge in [0, 0.05) is 5.69 Å². The Bertz CT molecular complexity index is 343. The largest absolute Gasteiger partial charge is 0.480 e. The predicted octanol–water partition coefficient (Wildman–Crippen LogP) is 2.55. The van der Waals surface area contributed by atoms with Gasteiger partial charge in [0.25, 0.3) is 0 Å². The number of nitrogen functional groups attached to an aromatic ring is 1. The standard InChI is InChI=1S/C9H9Br2NO2/c10-7(8(11)9(13)14)5-3-1-2-4-6(5)12/h1-4,7-8H,12H2,(H,13,14)/t7-,8+/m0/s1. The molecule has 0 saturated carbocycles. The summed E-state index contributed by atoms with van der Waals surface area (Å²) in [4.78, 5) is 9.69. The molecule has 0 bridgehead atoms. The first-order valence-corrected chi connectivity index (χ1v) is 5.72. The second-order valence-electron chi connectivity index (χ2n) is 2.77. The van der Waals surface area contributed by atoms with Gasteiger partial charge in [0.2, 0.25) is 0 Å². The molecule has 3 nitrogen and oxygen atoms in total. The van der Waals surface area contributed by atoms with Gasteiger partial charge >= 0.3 is 5.97 Å². The van der Waals surface area contributed by atoms with Gasteiger partial charge in [0.05, 0.1) is 4.83 Å². The first kappa shape index (κ1) is 11.5. The number of hydrogen-bond acceptors (Lipinski definition) is 2. The Morgan fingerprint density at radius 1 is 1.36 bits per heavy atom. The van der Waals surface area contributed by atoms with E-state index in [0.29, 0.717) is 5.69 Å². The van der Waals surface area contributed by atoms with E-state index in [1.54, 1.807) is 12.1 Å². The first-order valence-electron chi connectivity index (χ1n) is 3.89. The van der Waals surface area contributed by atoms with E-state index in [2.05, 4.69) is 31.9 Å². The van der Waals surface area contributed by atoms with Crippen LogP contribution in [0.25, 0.3) is 0 Å². The van der Waals surface area contributed by atoms with Crippen LogP contribution >= 0.6 is 31.9 Å². The van der Waals surface area contributed by atoms with Gasteiger partial charge in [-0.15, -0.1) is 0 Å². The van der Waals surface area contributed by atoms with Crippen molar-refractivity contribution in [2.24, 2.45) is 0 Å². The number of rotatable bonds is 3. The van der Waals surface area contributed by atoms with Gasteiger partial charge in [0.1, 0.15) is 4.83 Å². The molecule has 0 aliphatic carbocycles. The Balaban J connectivity index is 2.94. The van der Waals surface area contributed by atoms with E-state index in [4.69, 9.17) is 10.8 Å². The van der Waals surface area contributed by atoms with Crippen molar-refractivity contribution in [1.82, 2.24) is 0 Å². The predicted molar refractivity (Wildman–Crippen MR) is 62.9 cm³/mol. The zero-order chi connectivity index (χ0) is 10.7. The van der Waals surface area contributed by atoms with Gasteiger partial charge in [0.15, 0.2) is 0 Å². The number of carboxylic acids is 1. The maximum atomic E-state index is 10.7. The normalized spacial score (nSPS) is 14.7. The van der Waals surface area contributed by atoms with Crippen LogP contribution in [0.4, 0.5) is 5.69 Å². The molecule has 1 aromatic carbocycles. The number of halogens is 2. The number of nitrogens with two attached hydrogens (primary N) is 1. The Morgan fingerprint density at radius 3 is 2.43 bits per heavy atom. The minimum atomic E-state index is -0.921. The van der Waals surface area contributed by atoms with Gasteiger partial charge in [-0.25, -0.2) is 0 Å². The molecule has 0 saturated heterocycles. The Labute approximate surface area is 98.6 Å². The molecule has 1 aromatic rings. The van der Waals surface area contributed by atoms with Crippen molar-refractivity contribution in [1.29, 1.82) is 0 Å². The highest BCUT2D eigenvalue weighted by Gasteiger charge is 2.25. The van der Waals surface area contributed by atoms with E-state index >= 15 is 0 Å². The highest BCUT2D eigenvalue weighted by Crippen LogP contribution is 2.34. The van der Waals surface area contributed by atoms with E-state index in [1.807, 2.05) is 12.1 Å². The monoisotopic (exact) mass is 321 g/mol. The lowest BCUT2D eigenvalue weighted by molar-refractivity contribution is -0.136. The molecule has 0 spiro atoms. The molecular formula is C9H9Br2NO2. The number of anilines is 1. The summed E-state index contributed by atoms with van der Waals surface area (Å²) < 4.78 is 0. The highest BCUT2D eigenvalue weighted by atomic mass is 79.9. The lowest BCUT2D eigenvalue weighted by Gasteiger charge is -2.14. The summed E-state index contributed by atoms with van der Waals surface area (Å²) in [6, 6.07) is 7.17. The molecule has 0 radical (unpaired) electrons. The summed E-state index contributed by atoms with van der Waals surface area (Å²) in [6.45, 7) is 0. The minimum Gasteiger partial charge on any atom is -0.480 e. The van der Waals surface area contributed by atoms with Crippen LogP contribution in [-0.4, -0.2) is 15.9 Å². The molecule has 2 atom stereocenters. The van der Waals surface area contributed by atoms with Crippen molar-refractivity contribution in [3.05, 3.63) is 29.8 Å². The van der Waals surface area contributed by atoms with Crippen LogP contribution < -0.4 is 5.73 Å². The van der Waals surface area contributed by atoms with Crippen molar-refractivity contribution in [3.8, 4) is 0 Å². The van der Waals surface area contributed by atoms with Crippen LogP contribution in [-0.2, 0) is 4.79 Å². The maximum Gasteiger partial charge on any atom is 0.318 e. The lowest BCUT2D eigenvalue weighted by Crippen LogP contribution is -2.18. The molecule has 0 amide bonds. The summed E-state index contributed by atoms with van der Waals surface area (Å²) in [5, 5.41) is 8.79. The van der Waals surface area contributed by atoms with Gasteiger partial charge in [-0.2, -0.15) is 0 Å². The van der Waals surface area contributed by atoms with E-state index in [-0.39, 0.29) is 4.83 Å². The molecule has 0 aliphatic rings. The van der Waals surface area contributed by atoms with Gasteiger partial charge in [-0.3, -0.25) is 4.79 Å². The first-order chi connectivity index (χ1) is 6.54. The fraction of sp³-hybridized carbons (Fsp3) is 0.222. The van der Waals surface area contributed by atoms with E-state index in [1.165, 1.54) is 0 Å². The van der Waals surface area contributed by atoms with Crippen molar-refractivity contribution in [3.63, 3.8) is 0 Å². The molecule has 0 aliphatic heterocycles. The molecule has 0 fully saturated rings. The third kappa shape index (κ3) is 2.48. The zero-order valence-corrected chi connectivity index (χ0v) is 10.3. The molecular weight excluding hydrogens is 314 g/mol. The Morgan fingerprint density at radius 2 is 1.93 bits per heavy atom. The van der Waals surface area contributed by atoms with Crippen molar-refractivity contribution >= 4 is 43.5 Å². The summed E-state index contributed by atoms with van der Waals surface area (Å²) >= 11 is 6.37. The molecule has 14 heavy (non-hydrogen) atoms. The molecule has 5 heteroatoms. The number of aliphatic carboxylic acids is 1. The zero-order valence-electron chi connectivity index (χ0n) is 7.15. The fourth-order valence-electron chi connectivity index (χ4n) is 1.04. The van der Waals surface area contributed by atoms with E-state index in [9.17, 15) is 4.79 Å². The molecule has 0 unspecified atom stereocenters. The highest BCUT2D eigenvalue weighted by molar-refractivity contribution is 9.12. The van der Waals surface area contributed by atoms with Gasteiger partial charge in [-0.1, -0.05) is 50.1 Å². The van der Waals surface area contributed by atoms with E-state index < -0.39 is 10.8 Å². The Hall–Kier alpha value is -0.550. The van der Waals surface area contributed by atoms with Crippen LogP contribution in [0, 0.1) is 0 Å². The van der Waals surface area contributed by atoms with Crippen LogP contribution in [0.5, 0.6) is 0 Å². The molecule has 0 heterocycles. The fourth-order valence-corrected chi connectivity index (χ4v) is 1.97. The van der Waals surface area contributed by atoms with Crippen molar-refractivity contribution in [2.75, 3.05) is 5.73 Å². The number of carboxylic acid groups (broad SMARTS) is 1. The average Bonchev–Trinajstić information content (AvgIpc) is 2.16. The minimum absolute atomic E-state index is 0.332. The van der Waals surface area contributed by atoms with Crippen molar-refractivity contribution in [2.45, 2.75) is 9.65 Å². The smallest absolute Gasteiger partial charge is 0.318 e. The Kier molecular flexibility index (Phi) is 3.95. The third-order valence-electron chi connectivity index (χ3n) is 1.79. The van der Waals surface area contributed by atoms with Crippen molar-refractivity contribution < 1.29 is 9.90 Å². The number of alkyl halides is 2.